The molecule has 0 unspecified atom stereocenters. The van der Waals surface area contributed by atoms with Crippen LogP contribution in [-0.4, -0.2) is 7.11 Å². The number of benzene rings is 2. The molecule has 0 spiro atoms. The lowest BCUT2D eigenvalue weighted by molar-refractivity contribution is 0.413. The number of nitrogens with zero attached hydrogens (tertiary/aromatic N) is 1. The van der Waals surface area contributed by atoms with Crippen LogP contribution >= 0.6 is 11.8 Å². The fraction of sp³-hybridized carbons (Fsp3) is 0.188. The van der Waals surface area contributed by atoms with Crippen molar-refractivity contribution in [2.75, 3.05) is 7.11 Å². The first-order valence-electron chi connectivity index (χ1n) is 6.00. The smallest absolute Gasteiger partial charge is 0.136 e. The van der Waals surface area contributed by atoms with E-state index < -0.39 is 0 Å². The molecule has 19 heavy (non-hydrogen) atoms. The molecule has 2 aromatic rings. The maximum atomic E-state index is 8.95. The second-order valence-corrected chi connectivity index (χ2v) is 5.22. The van der Waals surface area contributed by atoms with Gasteiger partial charge in [0.15, 0.2) is 0 Å². The zero-order valence-electron chi connectivity index (χ0n) is 11.0. The van der Waals surface area contributed by atoms with Crippen LogP contribution in [0.3, 0.4) is 0 Å². The highest BCUT2D eigenvalue weighted by Gasteiger charge is 2.05. The lowest BCUT2D eigenvalue weighted by atomic mass is 10.1. The average Bonchev–Trinajstić information content (AvgIpc) is 2.46. The largest absolute Gasteiger partial charge is 0.495 e. The standard InChI is InChI=1S/C16H15NOS/c1-12-5-3-4-6-16(12)19-11-13-7-8-14(10-17)15(9-13)18-2/h3-9H,11H2,1-2H3. The molecule has 2 aromatic carbocycles. The fourth-order valence-electron chi connectivity index (χ4n) is 1.80. The van der Waals surface area contributed by atoms with Crippen molar-refractivity contribution in [1.82, 2.24) is 0 Å². The van der Waals surface area contributed by atoms with Crippen LogP contribution in [0.15, 0.2) is 47.4 Å². The third kappa shape index (κ3) is 3.30. The number of thioether (sulfide) groups is 1. The van der Waals surface area contributed by atoms with Gasteiger partial charge in [-0.2, -0.15) is 5.26 Å². The molecule has 0 radical (unpaired) electrons. The van der Waals surface area contributed by atoms with Crippen LogP contribution < -0.4 is 4.74 Å². The molecule has 0 aliphatic rings. The number of hydrogen-bond donors (Lipinski definition) is 0. The molecule has 96 valence electrons. The molecule has 0 saturated heterocycles. The second kappa shape index (κ2) is 6.31. The van der Waals surface area contributed by atoms with Crippen LogP contribution in [0.4, 0.5) is 0 Å². The van der Waals surface area contributed by atoms with E-state index in [9.17, 15) is 0 Å². The molecular formula is C16H15NOS. The van der Waals surface area contributed by atoms with Crippen molar-refractivity contribution in [2.24, 2.45) is 0 Å². The quantitative estimate of drug-likeness (QED) is 0.781. The Morgan fingerprint density at radius 3 is 2.68 bits per heavy atom. The molecule has 0 saturated carbocycles. The van der Waals surface area contributed by atoms with Gasteiger partial charge in [-0.3, -0.25) is 0 Å². The highest BCUT2D eigenvalue weighted by Crippen LogP contribution is 2.28. The predicted octanol–water partition coefficient (Wildman–Crippen LogP) is 4.17. The molecule has 3 heteroatoms. The second-order valence-electron chi connectivity index (χ2n) is 4.20. The van der Waals surface area contributed by atoms with Crippen LogP contribution in [0.25, 0.3) is 0 Å². The molecule has 2 nitrogen and oxygen atoms in total. The molecule has 0 N–H and O–H groups in total. The summed E-state index contributed by atoms with van der Waals surface area (Å²) < 4.78 is 5.22. The molecule has 0 aliphatic heterocycles. The molecule has 0 atom stereocenters. The summed E-state index contributed by atoms with van der Waals surface area (Å²) in [5.74, 6) is 1.51. The summed E-state index contributed by atoms with van der Waals surface area (Å²) in [6.45, 7) is 2.11. The Kier molecular flexibility index (Phi) is 4.48. The summed E-state index contributed by atoms with van der Waals surface area (Å²) in [6.07, 6.45) is 0. The van der Waals surface area contributed by atoms with E-state index in [-0.39, 0.29) is 0 Å². The number of aryl methyl sites for hydroxylation is 1. The monoisotopic (exact) mass is 269 g/mol. The number of hydrogen-bond acceptors (Lipinski definition) is 3. The maximum Gasteiger partial charge on any atom is 0.136 e. The van der Waals surface area contributed by atoms with Gasteiger partial charge in [-0.1, -0.05) is 24.3 Å². The van der Waals surface area contributed by atoms with Gasteiger partial charge in [0.1, 0.15) is 11.8 Å². The summed E-state index contributed by atoms with van der Waals surface area (Å²) in [6, 6.07) is 16.2. The van der Waals surface area contributed by atoms with Crippen LogP contribution in [0, 0.1) is 18.3 Å². The van der Waals surface area contributed by atoms with Gasteiger partial charge in [-0.05, 0) is 36.2 Å². The Labute approximate surface area is 118 Å². The van der Waals surface area contributed by atoms with Crippen molar-refractivity contribution in [3.63, 3.8) is 0 Å². The van der Waals surface area contributed by atoms with Crippen LogP contribution in [0.5, 0.6) is 5.75 Å². The van der Waals surface area contributed by atoms with Gasteiger partial charge in [0.2, 0.25) is 0 Å². The van der Waals surface area contributed by atoms with E-state index in [4.69, 9.17) is 10.00 Å². The Morgan fingerprint density at radius 1 is 1.21 bits per heavy atom. The number of rotatable bonds is 4. The van der Waals surface area contributed by atoms with Gasteiger partial charge >= 0.3 is 0 Å². The van der Waals surface area contributed by atoms with Crippen molar-refractivity contribution in [2.45, 2.75) is 17.6 Å². The van der Waals surface area contributed by atoms with Gasteiger partial charge in [0.05, 0.1) is 12.7 Å². The van der Waals surface area contributed by atoms with Gasteiger partial charge in [0, 0.05) is 10.6 Å². The minimum absolute atomic E-state index is 0.576. The Hall–Kier alpha value is -1.92. The third-order valence-corrected chi connectivity index (χ3v) is 4.12. The first-order chi connectivity index (χ1) is 9.24. The van der Waals surface area contributed by atoms with Crippen LogP contribution in [0.1, 0.15) is 16.7 Å². The third-order valence-electron chi connectivity index (χ3n) is 2.87. The van der Waals surface area contributed by atoms with E-state index in [0.717, 1.165) is 11.3 Å². The van der Waals surface area contributed by atoms with Crippen molar-refractivity contribution in [1.29, 1.82) is 5.26 Å². The van der Waals surface area contributed by atoms with E-state index in [1.54, 1.807) is 18.9 Å². The molecule has 0 fully saturated rings. The Bertz CT molecular complexity index is 616. The Morgan fingerprint density at radius 2 is 2.00 bits per heavy atom. The topological polar surface area (TPSA) is 33.0 Å². The SMILES string of the molecule is COc1cc(CSc2ccccc2C)ccc1C#N. The van der Waals surface area contributed by atoms with Crippen molar-refractivity contribution in [3.8, 4) is 11.8 Å². The van der Waals surface area contributed by atoms with Crippen molar-refractivity contribution >= 4 is 11.8 Å². The van der Waals surface area contributed by atoms with Crippen molar-refractivity contribution < 1.29 is 4.74 Å². The summed E-state index contributed by atoms with van der Waals surface area (Å²) in [4.78, 5) is 1.28. The van der Waals surface area contributed by atoms with Crippen LogP contribution in [0.2, 0.25) is 0 Å². The lowest BCUT2D eigenvalue weighted by Gasteiger charge is -2.08. The van der Waals surface area contributed by atoms with Gasteiger partial charge in [0.25, 0.3) is 0 Å². The molecule has 0 amide bonds. The van der Waals surface area contributed by atoms with Gasteiger partial charge in [-0.15, -0.1) is 11.8 Å². The number of methoxy groups -OCH3 is 1. The van der Waals surface area contributed by atoms with E-state index in [1.807, 2.05) is 24.3 Å². The zero-order chi connectivity index (χ0) is 13.7. The molecule has 0 aliphatic carbocycles. The minimum Gasteiger partial charge on any atom is -0.495 e. The predicted molar refractivity (Wildman–Crippen MR) is 78.4 cm³/mol. The zero-order valence-corrected chi connectivity index (χ0v) is 11.8. The summed E-state index contributed by atoms with van der Waals surface area (Å²) >= 11 is 1.79. The van der Waals surface area contributed by atoms with Crippen LogP contribution in [-0.2, 0) is 5.75 Å². The van der Waals surface area contributed by atoms with E-state index in [1.165, 1.54) is 10.5 Å². The van der Waals surface area contributed by atoms with Gasteiger partial charge in [-0.25, -0.2) is 0 Å². The molecular weight excluding hydrogens is 254 g/mol. The maximum absolute atomic E-state index is 8.95. The normalized spacial score (nSPS) is 9.95. The van der Waals surface area contributed by atoms with E-state index in [0.29, 0.717) is 11.3 Å². The first kappa shape index (κ1) is 13.5. The lowest BCUT2D eigenvalue weighted by Crippen LogP contribution is -1.90. The summed E-state index contributed by atoms with van der Waals surface area (Å²) in [5.41, 5.74) is 3.02. The summed E-state index contributed by atoms with van der Waals surface area (Å²) in [7, 11) is 1.59. The van der Waals surface area contributed by atoms with Gasteiger partial charge < -0.3 is 4.74 Å². The minimum atomic E-state index is 0.576. The molecule has 0 heterocycles. The van der Waals surface area contributed by atoms with Crippen molar-refractivity contribution in [3.05, 3.63) is 59.2 Å². The van der Waals surface area contributed by atoms with E-state index >= 15 is 0 Å². The Balaban J connectivity index is 2.13. The highest BCUT2D eigenvalue weighted by atomic mass is 32.2. The molecule has 0 bridgehead atoms. The number of ether oxygens (including phenoxy) is 1. The first-order valence-corrected chi connectivity index (χ1v) is 6.98. The number of nitriles is 1. The van der Waals surface area contributed by atoms with E-state index in [2.05, 4.69) is 31.2 Å². The molecule has 0 aromatic heterocycles. The highest BCUT2D eigenvalue weighted by molar-refractivity contribution is 7.98. The summed E-state index contributed by atoms with van der Waals surface area (Å²) in [5, 5.41) is 8.95. The average molecular weight is 269 g/mol. The molecule has 2 rings (SSSR count). The fourth-order valence-corrected chi connectivity index (χ4v) is 2.77.